The number of thiazole rings is 1. The number of para-hydroxylation sites is 1. The van der Waals surface area contributed by atoms with Gasteiger partial charge in [-0.25, -0.2) is 9.78 Å². The summed E-state index contributed by atoms with van der Waals surface area (Å²) in [6.07, 6.45) is 3.11. The van der Waals surface area contributed by atoms with Gasteiger partial charge in [-0.3, -0.25) is 10.1 Å². The van der Waals surface area contributed by atoms with Crippen molar-refractivity contribution in [2.75, 3.05) is 12.4 Å². The minimum atomic E-state index is -0.389. The van der Waals surface area contributed by atoms with E-state index < -0.39 is 0 Å². The number of amides is 1. The Morgan fingerprint density at radius 2 is 1.92 bits per heavy atom. The lowest BCUT2D eigenvalue weighted by molar-refractivity contribution is -0.111. The van der Waals surface area contributed by atoms with Crippen molar-refractivity contribution in [2.45, 2.75) is 6.92 Å². The number of carbonyl (C=O) groups excluding carboxylic acids is 2. The van der Waals surface area contributed by atoms with Crippen LogP contribution in [0.4, 0.5) is 5.13 Å². The van der Waals surface area contributed by atoms with Gasteiger partial charge in [0, 0.05) is 6.08 Å². The molecule has 0 bridgehead atoms. The summed E-state index contributed by atoms with van der Waals surface area (Å²) in [7, 11) is 1.34. The zero-order chi connectivity index (χ0) is 17.8. The molecule has 0 aliphatic carbocycles. The van der Waals surface area contributed by atoms with Gasteiger partial charge in [0.15, 0.2) is 5.13 Å². The first-order valence-corrected chi connectivity index (χ1v) is 8.42. The molecule has 0 atom stereocenters. The molecular weight excluding hydrogens is 336 g/mol. The maximum absolute atomic E-state index is 12.1. The molecular formula is C19H16N2O3S. The van der Waals surface area contributed by atoms with Gasteiger partial charge in [0.25, 0.3) is 0 Å². The highest BCUT2D eigenvalue weighted by Crippen LogP contribution is 2.27. The normalized spacial score (nSPS) is 11.0. The van der Waals surface area contributed by atoms with Crippen molar-refractivity contribution in [3.63, 3.8) is 0 Å². The lowest BCUT2D eigenvalue weighted by Gasteiger charge is -1.99. The zero-order valence-corrected chi connectivity index (χ0v) is 14.6. The van der Waals surface area contributed by atoms with Crippen LogP contribution in [0.1, 0.15) is 21.5 Å². The number of carbonyl (C=O) groups is 2. The Labute approximate surface area is 149 Å². The number of anilines is 1. The number of nitrogens with zero attached hydrogens (tertiary/aromatic N) is 1. The number of aryl methyl sites for hydroxylation is 1. The Hall–Kier alpha value is -2.99. The molecule has 1 heterocycles. The van der Waals surface area contributed by atoms with Crippen molar-refractivity contribution in [1.29, 1.82) is 0 Å². The van der Waals surface area contributed by atoms with Crippen LogP contribution in [0.2, 0.25) is 0 Å². The molecule has 5 nitrogen and oxygen atoms in total. The van der Waals surface area contributed by atoms with E-state index in [0.29, 0.717) is 10.7 Å². The third-order valence-corrected chi connectivity index (χ3v) is 4.55. The van der Waals surface area contributed by atoms with E-state index in [2.05, 4.69) is 15.0 Å². The summed E-state index contributed by atoms with van der Waals surface area (Å²) >= 11 is 1.44. The molecule has 3 rings (SSSR count). The van der Waals surface area contributed by atoms with E-state index in [1.165, 1.54) is 24.5 Å². The second-order valence-electron chi connectivity index (χ2n) is 5.38. The van der Waals surface area contributed by atoms with Crippen molar-refractivity contribution in [3.8, 4) is 0 Å². The first kappa shape index (κ1) is 16.9. The number of rotatable bonds is 4. The van der Waals surface area contributed by atoms with E-state index in [-0.39, 0.29) is 11.9 Å². The van der Waals surface area contributed by atoms with Gasteiger partial charge >= 0.3 is 5.97 Å². The molecule has 1 N–H and O–H groups in total. The van der Waals surface area contributed by atoms with E-state index in [9.17, 15) is 9.59 Å². The van der Waals surface area contributed by atoms with Crippen LogP contribution in [0, 0.1) is 6.92 Å². The Bertz CT molecular complexity index is 958. The Kier molecular flexibility index (Phi) is 4.90. The number of benzene rings is 2. The highest BCUT2D eigenvalue weighted by molar-refractivity contribution is 7.22. The number of ether oxygens (including phenoxy) is 1. The van der Waals surface area contributed by atoms with Crippen molar-refractivity contribution in [1.82, 2.24) is 4.98 Å². The second kappa shape index (κ2) is 7.27. The number of methoxy groups -OCH3 is 1. The fraction of sp³-hybridized carbons (Fsp3) is 0.105. The smallest absolute Gasteiger partial charge is 0.337 e. The number of aromatic nitrogens is 1. The van der Waals surface area contributed by atoms with Gasteiger partial charge in [-0.2, -0.15) is 0 Å². The lowest BCUT2D eigenvalue weighted by atomic mass is 10.1. The van der Waals surface area contributed by atoms with Crippen molar-refractivity contribution in [3.05, 3.63) is 65.2 Å². The van der Waals surface area contributed by atoms with Crippen LogP contribution in [0.5, 0.6) is 0 Å². The molecule has 6 heteroatoms. The van der Waals surface area contributed by atoms with Gasteiger partial charge in [-0.1, -0.05) is 35.6 Å². The van der Waals surface area contributed by atoms with E-state index in [1.807, 2.05) is 25.1 Å². The summed E-state index contributed by atoms with van der Waals surface area (Å²) in [5.74, 6) is -0.645. The summed E-state index contributed by atoms with van der Waals surface area (Å²) in [4.78, 5) is 27.9. The molecule has 1 aromatic heterocycles. The quantitative estimate of drug-likeness (QED) is 0.568. The molecule has 0 aliphatic rings. The summed E-state index contributed by atoms with van der Waals surface area (Å²) in [5, 5.41) is 3.34. The predicted molar refractivity (Wildman–Crippen MR) is 99.8 cm³/mol. The highest BCUT2D eigenvalue weighted by atomic mass is 32.1. The zero-order valence-electron chi connectivity index (χ0n) is 13.8. The lowest BCUT2D eigenvalue weighted by Crippen LogP contribution is -2.07. The molecule has 0 spiro atoms. The first-order chi connectivity index (χ1) is 12.1. The third-order valence-electron chi connectivity index (χ3n) is 3.61. The number of nitrogens with one attached hydrogen (secondary N) is 1. The van der Waals surface area contributed by atoms with Crippen LogP contribution in [0.3, 0.4) is 0 Å². The van der Waals surface area contributed by atoms with E-state index in [1.54, 1.807) is 30.3 Å². The molecule has 0 saturated carbocycles. The maximum Gasteiger partial charge on any atom is 0.337 e. The van der Waals surface area contributed by atoms with Gasteiger partial charge in [0.05, 0.1) is 22.9 Å². The summed E-state index contributed by atoms with van der Waals surface area (Å²) in [5.41, 5.74) is 3.26. The van der Waals surface area contributed by atoms with Gasteiger partial charge in [0.2, 0.25) is 5.91 Å². The fourth-order valence-electron chi connectivity index (χ4n) is 2.31. The van der Waals surface area contributed by atoms with Gasteiger partial charge in [-0.15, -0.1) is 0 Å². The van der Waals surface area contributed by atoms with Crippen molar-refractivity contribution in [2.24, 2.45) is 0 Å². The Balaban J connectivity index is 1.68. The SMILES string of the molecule is COC(=O)c1ccc(/C=C/C(=O)Nc2nc3c(C)cccc3s2)cc1. The van der Waals surface area contributed by atoms with Gasteiger partial charge in [0.1, 0.15) is 0 Å². The second-order valence-corrected chi connectivity index (χ2v) is 6.41. The van der Waals surface area contributed by atoms with Crippen LogP contribution in [0.25, 0.3) is 16.3 Å². The number of hydrogen-bond acceptors (Lipinski definition) is 5. The molecule has 0 saturated heterocycles. The molecule has 2 aromatic carbocycles. The van der Waals surface area contributed by atoms with E-state index in [0.717, 1.165) is 21.3 Å². The minimum Gasteiger partial charge on any atom is -0.465 e. The minimum absolute atomic E-state index is 0.256. The molecule has 0 radical (unpaired) electrons. The number of hydrogen-bond donors (Lipinski definition) is 1. The topological polar surface area (TPSA) is 68.3 Å². The molecule has 0 aliphatic heterocycles. The van der Waals surface area contributed by atoms with E-state index >= 15 is 0 Å². The highest BCUT2D eigenvalue weighted by Gasteiger charge is 2.07. The number of fused-ring (bicyclic) bond motifs is 1. The standard InChI is InChI=1S/C19H16N2O3S/c1-12-4-3-5-15-17(12)21-19(25-15)20-16(22)11-8-13-6-9-14(10-7-13)18(23)24-2/h3-11H,1-2H3,(H,20,21,22)/b11-8+. The fourth-order valence-corrected chi connectivity index (χ4v) is 3.25. The maximum atomic E-state index is 12.1. The van der Waals surface area contributed by atoms with Gasteiger partial charge < -0.3 is 4.74 Å². The molecule has 1 amide bonds. The molecule has 0 unspecified atom stereocenters. The van der Waals surface area contributed by atoms with Crippen LogP contribution < -0.4 is 5.32 Å². The summed E-state index contributed by atoms with van der Waals surface area (Å²) < 4.78 is 5.69. The monoisotopic (exact) mass is 352 g/mol. The molecule has 3 aromatic rings. The van der Waals surface area contributed by atoms with Crippen LogP contribution in [-0.4, -0.2) is 24.0 Å². The third kappa shape index (κ3) is 3.92. The summed E-state index contributed by atoms with van der Waals surface area (Å²) in [6.45, 7) is 1.99. The Morgan fingerprint density at radius 1 is 1.16 bits per heavy atom. The average molecular weight is 352 g/mol. The van der Waals surface area contributed by atoms with Crippen LogP contribution in [0.15, 0.2) is 48.5 Å². The predicted octanol–water partition coefficient (Wildman–Crippen LogP) is 4.04. The molecule has 0 fully saturated rings. The van der Waals surface area contributed by atoms with Gasteiger partial charge in [-0.05, 0) is 42.3 Å². The largest absolute Gasteiger partial charge is 0.465 e. The number of esters is 1. The van der Waals surface area contributed by atoms with Crippen LogP contribution >= 0.6 is 11.3 Å². The first-order valence-electron chi connectivity index (χ1n) is 7.60. The molecule has 25 heavy (non-hydrogen) atoms. The average Bonchev–Trinajstić information content (AvgIpc) is 3.03. The van der Waals surface area contributed by atoms with Crippen molar-refractivity contribution < 1.29 is 14.3 Å². The van der Waals surface area contributed by atoms with Crippen molar-refractivity contribution >= 4 is 44.6 Å². The molecule has 126 valence electrons. The van der Waals surface area contributed by atoms with Crippen LogP contribution in [-0.2, 0) is 9.53 Å². The Morgan fingerprint density at radius 3 is 2.60 bits per heavy atom. The van der Waals surface area contributed by atoms with E-state index in [4.69, 9.17) is 0 Å². The summed E-state index contributed by atoms with van der Waals surface area (Å²) in [6, 6.07) is 12.7.